The van der Waals surface area contributed by atoms with Gasteiger partial charge in [-0.3, -0.25) is 0 Å². The van der Waals surface area contributed by atoms with Crippen LogP contribution in [-0.4, -0.2) is 163 Å². The van der Waals surface area contributed by atoms with Crippen molar-refractivity contribution in [2.75, 3.05) is 13.2 Å². The van der Waals surface area contributed by atoms with Crippen molar-refractivity contribution in [2.24, 2.45) is 0 Å². The van der Waals surface area contributed by atoms with E-state index in [2.05, 4.69) is 0 Å². The van der Waals surface area contributed by atoms with Gasteiger partial charge in [0.2, 0.25) is 0 Å². The Morgan fingerprint density at radius 3 is 0.938 bits per heavy atom. The van der Waals surface area contributed by atoms with Crippen molar-refractivity contribution in [3.05, 3.63) is 287 Å². The number of benzene rings is 8. The summed E-state index contributed by atoms with van der Waals surface area (Å²) in [6, 6.07) is 61.5. The summed E-state index contributed by atoms with van der Waals surface area (Å²) >= 11 is 0. The summed E-state index contributed by atoms with van der Waals surface area (Å²) in [4.78, 5) is 113. The minimum Gasteiger partial charge on any atom is -0.459 e. The molecule has 97 heavy (non-hydrogen) atoms. The van der Waals surface area contributed by atoms with Crippen LogP contribution in [0.25, 0.3) is 0 Å². The van der Waals surface area contributed by atoms with Crippen LogP contribution in [0.1, 0.15) is 89.8 Å². The van der Waals surface area contributed by atoms with Gasteiger partial charge in [-0.25, -0.2) is 38.4 Å². The second-order valence-corrected chi connectivity index (χ2v) is 22.4. The zero-order valence-corrected chi connectivity index (χ0v) is 51.6. The van der Waals surface area contributed by atoms with E-state index in [0.717, 1.165) is 0 Å². The van der Waals surface area contributed by atoms with Crippen LogP contribution >= 0.6 is 0 Å². The molecule has 8 aromatic carbocycles. The van der Waals surface area contributed by atoms with E-state index >= 15 is 0 Å². The molecule has 8 aromatic rings. The van der Waals surface area contributed by atoms with E-state index in [9.17, 15) is 48.6 Å². The maximum atomic E-state index is 14.6. The number of carbonyl (C=O) groups excluding carboxylic acids is 8. The molecule has 0 radical (unpaired) electrons. The highest BCUT2D eigenvalue weighted by molar-refractivity contribution is 5.93. The van der Waals surface area contributed by atoms with Crippen molar-refractivity contribution in [2.45, 2.75) is 99.0 Å². The van der Waals surface area contributed by atoms with E-state index < -0.39 is 153 Å². The van der Waals surface area contributed by atoms with Crippen LogP contribution in [-0.2, 0) is 61.6 Å². The number of aliphatic hydroxyl groups excluding tert-OH is 2. The third-order valence-corrected chi connectivity index (χ3v) is 15.8. The molecule has 15 atom stereocenters. The number of rotatable bonds is 22. The van der Waals surface area contributed by atoms with Crippen LogP contribution < -0.4 is 0 Å². The lowest BCUT2D eigenvalue weighted by Crippen LogP contribution is -2.67. The number of ether oxygens (including phenoxy) is 13. The summed E-state index contributed by atoms with van der Waals surface area (Å²) in [5.41, 5.74) is 0.227. The smallest absolute Gasteiger partial charge is 0.338 e. The number of hydrogen-bond acceptors (Lipinski definition) is 23. The molecule has 3 aliphatic rings. The van der Waals surface area contributed by atoms with Crippen molar-refractivity contribution >= 4 is 47.8 Å². The summed E-state index contributed by atoms with van der Waals surface area (Å²) in [6.45, 7) is -0.137. The van der Waals surface area contributed by atoms with Crippen LogP contribution in [0.3, 0.4) is 0 Å². The Labute approximate surface area is 555 Å². The second kappa shape index (κ2) is 32.1. The standard InChI is InChI=1S/C74H64O23/c1-44-56(90-65(77)46-28-12-3-13-29-46)60(94-69(81)50-36-20-7-21-37-50)63(96-71(83)52-40-24-9-25-41-52)74(87-44)86-43-53-58(92-67(79)48-32-16-5-17-33-48)61(95-70(82)51-38-22-8-23-39-51)62(72(84)88-53)97-73-55(75)59(93-68(80)49-34-18-6-19-35-49)57(91-66(78)47-30-14-4-15-31-47)54(89-73)42-85-64(76)45-26-10-2-11-27-45/h2-41,44,53-63,72-75,84H,42-43H2,1H3/t44-,53+,54+,55-,56-,57+,58+,59+,60+,61-,62+,63+,72-,73+,74+/m0/s1. The number of hydrogen-bond donors (Lipinski definition) is 2. The lowest BCUT2D eigenvalue weighted by atomic mass is 9.96. The largest absolute Gasteiger partial charge is 0.459 e. The Kier molecular flexibility index (Phi) is 22.4. The molecule has 3 heterocycles. The van der Waals surface area contributed by atoms with Crippen LogP contribution in [0.15, 0.2) is 243 Å². The Bertz CT molecular complexity index is 3950. The molecule has 0 amide bonds. The monoisotopic (exact) mass is 1320 g/mol. The Morgan fingerprint density at radius 1 is 0.299 bits per heavy atom. The first kappa shape index (κ1) is 67.7. The highest BCUT2D eigenvalue weighted by Crippen LogP contribution is 2.37. The molecule has 11 rings (SSSR count). The molecule has 0 bridgehead atoms. The van der Waals surface area contributed by atoms with Crippen LogP contribution in [0.2, 0.25) is 0 Å². The van der Waals surface area contributed by atoms with Gasteiger partial charge in [0, 0.05) is 0 Å². The average molecular weight is 1320 g/mol. The summed E-state index contributed by atoms with van der Waals surface area (Å²) in [6.07, 6.45) is -28.1. The maximum absolute atomic E-state index is 14.6. The van der Waals surface area contributed by atoms with Gasteiger partial charge in [-0.05, 0) is 104 Å². The molecule has 23 nitrogen and oxygen atoms in total. The number of aliphatic hydroxyl groups is 2. The fourth-order valence-electron chi connectivity index (χ4n) is 10.9. The quantitative estimate of drug-likeness (QED) is 0.0475. The van der Waals surface area contributed by atoms with Gasteiger partial charge < -0.3 is 71.8 Å². The third kappa shape index (κ3) is 16.8. The molecule has 498 valence electrons. The minimum atomic E-state index is -2.32. The Hall–Kier alpha value is -10.8. The first-order valence-corrected chi connectivity index (χ1v) is 30.8. The van der Waals surface area contributed by atoms with Gasteiger partial charge in [-0.2, -0.15) is 0 Å². The molecule has 0 aromatic heterocycles. The van der Waals surface area contributed by atoms with Gasteiger partial charge in [0.05, 0.1) is 57.2 Å². The molecule has 0 aliphatic carbocycles. The normalized spacial score (nSPS) is 25.1. The first-order valence-electron chi connectivity index (χ1n) is 30.8. The first-order chi connectivity index (χ1) is 47.2. The summed E-state index contributed by atoms with van der Waals surface area (Å²) in [5.74, 6) is -7.78. The summed E-state index contributed by atoms with van der Waals surface area (Å²) in [5, 5.41) is 25.2. The number of carbonyl (C=O) groups is 8. The zero-order chi connectivity index (χ0) is 67.8. The molecule has 3 aliphatic heterocycles. The number of esters is 8. The van der Waals surface area contributed by atoms with Gasteiger partial charge >= 0.3 is 47.8 Å². The van der Waals surface area contributed by atoms with E-state index in [0.29, 0.717) is 0 Å². The van der Waals surface area contributed by atoms with Crippen LogP contribution in [0.4, 0.5) is 0 Å². The van der Waals surface area contributed by atoms with Crippen molar-refractivity contribution in [1.29, 1.82) is 0 Å². The van der Waals surface area contributed by atoms with Crippen LogP contribution in [0, 0.1) is 0 Å². The molecule has 0 saturated carbocycles. The molecular formula is C74H64O23. The molecular weight excluding hydrogens is 1260 g/mol. The fraction of sp³-hybridized carbons (Fsp3) is 0.243. The second-order valence-electron chi connectivity index (χ2n) is 22.4. The molecule has 3 saturated heterocycles. The fourth-order valence-corrected chi connectivity index (χ4v) is 10.9. The Morgan fingerprint density at radius 2 is 0.577 bits per heavy atom. The summed E-state index contributed by atoms with van der Waals surface area (Å²) in [7, 11) is 0. The average Bonchev–Trinajstić information content (AvgIpc) is 0.779. The predicted octanol–water partition coefficient (Wildman–Crippen LogP) is 8.37. The van der Waals surface area contributed by atoms with Gasteiger partial charge in [-0.15, -0.1) is 0 Å². The maximum Gasteiger partial charge on any atom is 0.338 e. The molecule has 0 spiro atoms. The van der Waals surface area contributed by atoms with E-state index in [1.165, 1.54) is 116 Å². The minimum absolute atomic E-state index is 0.0111. The topological polar surface area (TPSA) is 297 Å². The van der Waals surface area contributed by atoms with Crippen molar-refractivity contribution < 1.29 is 110 Å². The zero-order valence-electron chi connectivity index (χ0n) is 51.6. The third-order valence-electron chi connectivity index (χ3n) is 15.8. The van der Waals surface area contributed by atoms with Crippen LogP contribution in [0.5, 0.6) is 0 Å². The SMILES string of the molecule is C[C@@H]1O[C@@H](OC[C@H]2O[C@H](O)[C@H](O[C@H]3O[C@H](COC(=O)c4ccccc4)[C@@H](OC(=O)c4ccccc4)[C@H](OC(=O)c4ccccc4)[C@@H]3O)[C@@H](OC(=O)c3ccccc3)[C@@H]2OC(=O)c2ccccc2)[C@H](OC(=O)c2ccccc2)[C@H](OC(=O)c2ccccc2)[C@H]1OC(=O)c1ccccc1. The van der Waals surface area contributed by atoms with Crippen molar-refractivity contribution in [3.8, 4) is 0 Å². The van der Waals surface area contributed by atoms with Gasteiger partial charge in [0.15, 0.2) is 67.7 Å². The van der Waals surface area contributed by atoms with E-state index in [1.807, 2.05) is 0 Å². The van der Waals surface area contributed by atoms with Gasteiger partial charge in [-0.1, -0.05) is 146 Å². The highest BCUT2D eigenvalue weighted by Gasteiger charge is 2.58. The molecule has 2 N–H and O–H groups in total. The van der Waals surface area contributed by atoms with Gasteiger partial charge in [0.1, 0.15) is 24.9 Å². The van der Waals surface area contributed by atoms with E-state index in [4.69, 9.17) is 61.6 Å². The lowest BCUT2D eigenvalue weighted by molar-refractivity contribution is -0.364. The van der Waals surface area contributed by atoms with E-state index in [1.54, 1.807) is 133 Å². The highest BCUT2D eigenvalue weighted by atomic mass is 16.8. The molecule has 23 heteroatoms. The predicted molar refractivity (Wildman–Crippen MR) is 337 cm³/mol. The van der Waals surface area contributed by atoms with E-state index in [-0.39, 0.29) is 44.5 Å². The van der Waals surface area contributed by atoms with Gasteiger partial charge in [0.25, 0.3) is 0 Å². The van der Waals surface area contributed by atoms with Crippen molar-refractivity contribution in [3.63, 3.8) is 0 Å². The lowest BCUT2D eigenvalue weighted by Gasteiger charge is -2.48. The van der Waals surface area contributed by atoms with Crippen molar-refractivity contribution in [1.82, 2.24) is 0 Å². The Balaban J connectivity index is 0.965. The molecule has 0 unspecified atom stereocenters. The molecule has 3 fully saturated rings. The summed E-state index contributed by atoms with van der Waals surface area (Å²) < 4.78 is 80.9.